The standard InChI is InChI=1S/C15H14N4O2/c16-13(8-10-3-5-12(20)6-4-10)15-18-14(19-21-15)11-2-1-7-17-9-11/h1-7,9,13,20H,8,16H2/t13-/m1/s1. The molecule has 0 amide bonds. The van der Waals surface area contributed by atoms with Gasteiger partial charge in [0.05, 0.1) is 6.04 Å². The number of aromatic hydroxyl groups is 1. The van der Waals surface area contributed by atoms with Crippen molar-refractivity contribution in [2.45, 2.75) is 12.5 Å². The Hall–Kier alpha value is -2.73. The lowest BCUT2D eigenvalue weighted by molar-refractivity contribution is 0.354. The number of rotatable bonds is 4. The van der Waals surface area contributed by atoms with E-state index in [-0.39, 0.29) is 5.75 Å². The number of benzene rings is 1. The summed E-state index contributed by atoms with van der Waals surface area (Å²) in [7, 11) is 0. The molecule has 0 fully saturated rings. The fourth-order valence-corrected chi connectivity index (χ4v) is 1.97. The van der Waals surface area contributed by atoms with Crippen molar-refractivity contribution in [3.8, 4) is 17.1 Å². The zero-order valence-electron chi connectivity index (χ0n) is 11.2. The van der Waals surface area contributed by atoms with Crippen LogP contribution in [0.25, 0.3) is 11.4 Å². The first-order valence-electron chi connectivity index (χ1n) is 6.50. The largest absolute Gasteiger partial charge is 0.508 e. The molecule has 21 heavy (non-hydrogen) atoms. The molecule has 0 aliphatic rings. The third kappa shape index (κ3) is 3.06. The average molecular weight is 282 g/mol. The monoisotopic (exact) mass is 282 g/mol. The van der Waals surface area contributed by atoms with Crippen LogP contribution >= 0.6 is 0 Å². The zero-order valence-corrected chi connectivity index (χ0v) is 11.2. The Morgan fingerprint density at radius 2 is 2.00 bits per heavy atom. The summed E-state index contributed by atoms with van der Waals surface area (Å²) in [6.45, 7) is 0. The molecule has 2 heterocycles. The van der Waals surface area contributed by atoms with Gasteiger partial charge in [0.2, 0.25) is 11.7 Å². The first kappa shape index (κ1) is 13.3. The van der Waals surface area contributed by atoms with Crippen LogP contribution in [-0.4, -0.2) is 20.2 Å². The maximum Gasteiger partial charge on any atom is 0.244 e. The lowest BCUT2D eigenvalue weighted by Gasteiger charge is -2.06. The maximum atomic E-state index is 9.26. The summed E-state index contributed by atoms with van der Waals surface area (Å²) in [4.78, 5) is 8.32. The predicted molar refractivity (Wildman–Crippen MR) is 76.3 cm³/mol. The van der Waals surface area contributed by atoms with Crippen LogP contribution in [0.15, 0.2) is 53.3 Å². The van der Waals surface area contributed by atoms with Crippen LogP contribution in [0.2, 0.25) is 0 Å². The zero-order chi connectivity index (χ0) is 14.7. The molecule has 3 N–H and O–H groups in total. The van der Waals surface area contributed by atoms with E-state index >= 15 is 0 Å². The fourth-order valence-electron chi connectivity index (χ4n) is 1.97. The molecule has 1 aromatic carbocycles. The van der Waals surface area contributed by atoms with Gasteiger partial charge in [-0.25, -0.2) is 0 Å². The van der Waals surface area contributed by atoms with E-state index in [1.807, 2.05) is 24.3 Å². The van der Waals surface area contributed by atoms with Crippen LogP contribution in [0.5, 0.6) is 5.75 Å². The Labute approximate surface area is 121 Å². The molecule has 1 atom stereocenters. The summed E-state index contributed by atoms with van der Waals surface area (Å²) in [5.74, 6) is 1.07. The summed E-state index contributed by atoms with van der Waals surface area (Å²) in [5.41, 5.74) is 7.85. The highest BCUT2D eigenvalue weighted by molar-refractivity contribution is 5.51. The molecule has 0 unspecified atom stereocenters. The molecular formula is C15H14N4O2. The van der Waals surface area contributed by atoms with Gasteiger partial charge < -0.3 is 15.4 Å². The van der Waals surface area contributed by atoms with E-state index in [9.17, 15) is 5.11 Å². The summed E-state index contributed by atoms with van der Waals surface area (Å²) in [6, 6.07) is 10.1. The molecule has 0 saturated heterocycles. The van der Waals surface area contributed by atoms with Crippen molar-refractivity contribution in [3.05, 3.63) is 60.2 Å². The summed E-state index contributed by atoms with van der Waals surface area (Å²) < 4.78 is 5.21. The summed E-state index contributed by atoms with van der Waals surface area (Å²) in [5, 5.41) is 13.2. The molecule has 0 saturated carbocycles. The Balaban J connectivity index is 1.75. The summed E-state index contributed by atoms with van der Waals surface area (Å²) >= 11 is 0. The number of pyridine rings is 1. The number of aromatic nitrogens is 3. The van der Waals surface area contributed by atoms with Gasteiger partial charge >= 0.3 is 0 Å². The van der Waals surface area contributed by atoms with Crippen molar-refractivity contribution < 1.29 is 9.63 Å². The Bertz CT molecular complexity index is 710. The van der Waals surface area contributed by atoms with E-state index in [0.717, 1.165) is 11.1 Å². The first-order valence-corrected chi connectivity index (χ1v) is 6.50. The molecular weight excluding hydrogens is 268 g/mol. The van der Waals surface area contributed by atoms with Crippen LogP contribution < -0.4 is 5.73 Å². The number of nitrogens with two attached hydrogens (primary N) is 1. The van der Waals surface area contributed by atoms with Crippen molar-refractivity contribution in [3.63, 3.8) is 0 Å². The van der Waals surface area contributed by atoms with E-state index in [0.29, 0.717) is 18.1 Å². The lowest BCUT2D eigenvalue weighted by Crippen LogP contribution is -2.13. The second-order valence-electron chi connectivity index (χ2n) is 4.67. The van der Waals surface area contributed by atoms with E-state index in [1.54, 1.807) is 24.5 Å². The van der Waals surface area contributed by atoms with Gasteiger partial charge in [-0.2, -0.15) is 4.98 Å². The van der Waals surface area contributed by atoms with Gasteiger partial charge in [0.1, 0.15) is 5.75 Å². The van der Waals surface area contributed by atoms with Crippen molar-refractivity contribution in [1.82, 2.24) is 15.1 Å². The van der Waals surface area contributed by atoms with Crippen molar-refractivity contribution in [2.24, 2.45) is 5.73 Å². The molecule has 0 aliphatic carbocycles. The second-order valence-corrected chi connectivity index (χ2v) is 4.67. The van der Waals surface area contributed by atoms with Crippen molar-refractivity contribution >= 4 is 0 Å². The normalized spacial score (nSPS) is 12.2. The topological polar surface area (TPSA) is 98.1 Å². The van der Waals surface area contributed by atoms with Gasteiger partial charge in [-0.15, -0.1) is 0 Å². The highest BCUT2D eigenvalue weighted by Crippen LogP contribution is 2.20. The highest BCUT2D eigenvalue weighted by atomic mass is 16.5. The molecule has 0 spiro atoms. The lowest BCUT2D eigenvalue weighted by atomic mass is 10.1. The highest BCUT2D eigenvalue weighted by Gasteiger charge is 2.16. The third-order valence-electron chi connectivity index (χ3n) is 3.07. The van der Waals surface area contributed by atoms with Crippen LogP contribution in [-0.2, 0) is 6.42 Å². The molecule has 0 radical (unpaired) electrons. The van der Waals surface area contributed by atoms with E-state index < -0.39 is 6.04 Å². The maximum absolute atomic E-state index is 9.26. The molecule has 6 nitrogen and oxygen atoms in total. The van der Waals surface area contributed by atoms with Crippen LogP contribution in [0.1, 0.15) is 17.5 Å². The molecule has 2 aromatic heterocycles. The fraction of sp³-hybridized carbons (Fsp3) is 0.133. The molecule has 106 valence electrons. The third-order valence-corrected chi connectivity index (χ3v) is 3.07. The SMILES string of the molecule is N[C@H](Cc1ccc(O)cc1)c1nc(-c2cccnc2)no1. The molecule has 3 aromatic rings. The van der Waals surface area contributed by atoms with Gasteiger partial charge in [-0.3, -0.25) is 4.98 Å². The van der Waals surface area contributed by atoms with Gasteiger partial charge in [0, 0.05) is 18.0 Å². The number of hydrogen-bond donors (Lipinski definition) is 2. The van der Waals surface area contributed by atoms with Gasteiger partial charge in [0.25, 0.3) is 0 Å². The van der Waals surface area contributed by atoms with Gasteiger partial charge in [0.15, 0.2) is 0 Å². The van der Waals surface area contributed by atoms with Gasteiger partial charge in [-0.1, -0.05) is 17.3 Å². The second kappa shape index (κ2) is 5.72. The van der Waals surface area contributed by atoms with Crippen molar-refractivity contribution in [1.29, 1.82) is 0 Å². The Morgan fingerprint density at radius 3 is 2.71 bits per heavy atom. The number of nitrogens with zero attached hydrogens (tertiary/aromatic N) is 3. The Kier molecular flexibility index (Phi) is 3.61. The van der Waals surface area contributed by atoms with Crippen LogP contribution in [0, 0.1) is 0 Å². The minimum atomic E-state index is -0.396. The number of phenolic OH excluding ortho intramolecular Hbond substituents is 1. The molecule has 0 bridgehead atoms. The number of hydrogen-bond acceptors (Lipinski definition) is 6. The molecule has 6 heteroatoms. The van der Waals surface area contributed by atoms with Crippen LogP contribution in [0.4, 0.5) is 0 Å². The molecule has 0 aliphatic heterocycles. The quantitative estimate of drug-likeness (QED) is 0.760. The average Bonchev–Trinajstić information content (AvgIpc) is 3.00. The van der Waals surface area contributed by atoms with E-state index in [1.165, 1.54) is 0 Å². The minimum absolute atomic E-state index is 0.226. The summed E-state index contributed by atoms with van der Waals surface area (Å²) in [6.07, 6.45) is 3.90. The Morgan fingerprint density at radius 1 is 1.19 bits per heavy atom. The smallest absolute Gasteiger partial charge is 0.244 e. The van der Waals surface area contributed by atoms with Crippen LogP contribution in [0.3, 0.4) is 0 Å². The van der Waals surface area contributed by atoms with Crippen molar-refractivity contribution in [2.75, 3.05) is 0 Å². The van der Waals surface area contributed by atoms with E-state index in [4.69, 9.17) is 10.3 Å². The molecule has 3 rings (SSSR count). The minimum Gasteiger partial charge on any atom is -0.508 e. The van der Waals surface area contributed by atoms with Gasteiger partial charge in [-0.05, 0) is 36.2 Å². The first-order chi connectivity index (χ1) is 10.2. The number of phenols is 1. The van der Waals surface area contributed by atoms with E-state index in [2.05, 4.69) is 15.1 Å². The predicted octanol–water partition coefficient (Wildman–Crippen LogP) is 2.08.